The molecule has 0 saturated carbocycles. The van der Waals surface area contributed by atoms with Gasteiger partial charge in [0.25, 0.3) is 10.2 Å². The molecule has 22 heavy (non-hydrogen) atoms. The Bertz CT molecular complexity index is 600. The predicted octanol–water partition coefficient (Wildman–Crippen LogP) is 0.492. The molecule has 126 valence electrons. The fraction of sp³-hybridized carbons (Fsp3) is 0.769. The van der Waals surface area contributed by atoms with Gasteiger partial charge in [-0.1, -0.05) is 13.8 Å². The van der Waals surface area contributed by atoms with Gasteiger partial charge in [0.15, 0.2) is 5.13 Å². The summed E-state index contributed by atoms with van der Waals surface area (Å²) in [5.41, 5.74) is 0.651. The lowest BCUT2D eigenvalue weighted by Gasteiger charge is -2.24. The van der Waals surface area contributed by atoms with Crippen molar-refractivity contribution in [1.29, 1.82) is 0 Å². The van der Waals surface area contributed by atoms with E-state index in [0.29, 0.717) is 18.2 Å². The Balaban J connectivity index is 2.16. The van der Waals surface area contributed by atoms with E-state index in [1.54, 1.807) is 0 Å². The number of anilines is 1. The van der Waals surface area contributed by atoms with Crippen LogP contribution in [0.3, 0.4) is 0 Å². The molecule has 0 amide bonds. The van der Waals surface area contributed by atoms with Crippen LogP contribution in [0.25, 0.3) is 0 Å². The van der Waals surface area contributed by atoms with E-state index in [2.05, 4.69) is 28.5 Å². The monoisotopic (exact) mass is 348 g/mol. The largest absolute Gasteiger partial charge is 0.390 e. The van der Waals surface area contributed by atoms with Crippen LogP contribution in [0.4, 0.5) is 5.13 Å². The number of hydrogen-bond acceptors (Lipinski definition) is 6. The van der Waals surface area contributed by atoms with Crippen LogP contribution >= 0.6 is 11.3 Å². The van der Waals surface area contributed by atoms with Gasteiger partial charge in [0.1, 0.15) is 0 Å². The molecule has 1 aliphatic rings. The molecule has 0 bridgehead atoms. The van der Waals surface area contributed by atoms with Gasteiger partial charge in [-0.05, 0) is 11.8 Å². The third kappa shape index (κ3) is 3.77. The second kappa shape index (κ2) is 6.79. The predicted molar refractivity (Wildman–Crippen MR) is 88.1 cm³/mol. The number of nitrogens with one attached hydrogen (secondary N) is 1. The highest BCUT2D eigenvalue weighted by Crippen LogP contribution is 2.31. The van der Waals surface area contributed by atoms with Gasteiger partial charge in [-0.25, -0.2) is 4.98 Å². The zero-order chi connectivity index (χ0) is 16.5. The molecule has 1 saturated heterocycles. The Labute approximate surface area is 136 Å². The third-order valence-electron chi connectivity index (χ3n) is 3.97. The highest BCUT2D eigenvalue weighted by atomic mass is 32.2. The normalized spacial score (nSPS) is 23.0. The molecule has 9 heteroatoms. The van der Waals surface area contributed by atoms with Crippen molar-refractivity contribution in [2.75, 3.05) is 32.1 Å². The number of hydrogen-bond donors (Lipinski definition) is 2. The van der Waals surface area contributed by atoms with Gasteiger partial charge in [-0.2, -0.15) is 17.4 Å². The maximum absolute atomic E-state index is 12.1. The van der Waals surface area contributed by atoms with Crippen LogP contribution in [0.1, 0.15) is 19.5 Å². The van der Waals surface area contributed by atoms with Crippen molar-refractivity contribution in [2.45, 2.75) is 26.5 Å². The molecule has 1 fully saturated rings. The van der Waals surface area contributed by atoms with E-state index in [-0.39, 0.29) is 18.6 Å². The summed E-state index contributed by atoms with van der Waals surface area (Å²) in [6, 6.07) is -0.145. The van der Waals surface area contributed by atoms with Crippen molar-refractivity contribution in [3.63, 3.8) is 0 Å². The molecule has 1 aromatic heterocycles. The van der Waals surface area contributed by atoms with Crippen LogP contribution in [0, 0.1) is 11.8 Å². The molecule has 0 aliphatic carbocycles. The fourth-order valence-electron chi connectivity index (χ4n) is 2.60. The topological polar surface area (TPSA) is 85.8 Å². The summed E-state index contributed by atoms with van der Waals surface area (Å²) in [5, 5.41) is 11.8. The van der Waals surface area contributed by atoms with Crippen molar-refractivity contribution < 1.29 is 13.5 Å². The maximum atomic E-state index is 12.1. The fourth-order valence-corrected chi connectivity index (χ4v) is 4.28. The smallest absolute Gasteiger partial charge is 0.279 e. The van der Waals surface area contributed by atoms with E-state index in [1.807, 2.05) is 5.38 Å². The van der Waals surface area contributed by atoms with Crippen LogP contribution in [-0.4, -0.2) is 56.0 Å². The Kier molecular flexibility index (Phi) is 5.44. The van der Waals surface area contributed by atoms with E-state index in [0.717, 1.165) is 11.7 Å². The first-order valence-corrected chi connectivity index (χ1v) is 9.56. The zero-order valence-corrected chi connectivity index (χ0v) is 15.0. The average Bonchev–Trinajstić information content (AvgIpc) is 3.03. The molecule has 1 aliphatic heterocycles. The molecule has 2 rings (SSSR count). The molecule has 1 aromatic rings. The van der Waals surface area contributed by atoms with Crippen molar-refractivity contribution in [1.82, 2.24) is 14.0 Å². The van der Waals surface area contributed by atoms with Gasteiger partial charge in [0, 0.05) is 38.6 Å². The summed E-state index contributed by atoms with van der Waals surface area (Å²) < 4.78 is 28.2. The van der Waals surface area contributed by atoms with Crippen LogP contribution in [0.15, 0.2) is 5.38 Å². The Morgan fingerprint density at radius 2 is 2.18 bits per heavy atom. The summed E-state index contributed by atoms with van der Waals surface area (Å²) in [6.07, 6.45) is 0. The molecule has 2 N–H and O–H groups in total. The molecule has 0 unspecified atom stereocenters. The lowest BCUT2D eigenvalue weighted by molar-refractivity contribution is 0.277. The number of aromatic nitrogens is 1. The van der Waals surface area contributed by atoms with E-state index in [4.69, 9.17) is 5.11 Å². The minimum absolute atomic E-state index is 0.0748. The number of rotatable bonds is 6. The average molecular weight is 348 g/mol. The maximum Gasteiger partial charge on any atom is 0.279 e. The molecule has 0 radical (unpaired) electrons. The number of thiazole rings is 1. The van der Waals surface area contributed by atoms with E-state index < -0.39 is 10.2 Å². The highest BCUT2D eigenvalue weighted by molar-refractivity contribution is 7.87. The van der Waals surface area contributed by atoms with Gasteiger partial charge >= 0.3 is 0 Å². The van der Waals surface area contributed by atoms with E-state index in [1.165, 1.54) is 29.7 Å². The van der Waals surface area contributed by atoms with E-state index in [9.17, 15) is 8.42 Å². The van der Waals surface area contributed by atoms with Crippen LogP contribution in [0.2, 0.25) is 0 Å². The Morgan fingerprint density at radius 1 is 1.50 bits per heavy atom. The summed E-state index contributed by atoms with van der Waals surface area (Å²) in [6.45, 7) is 5.48. The highest BCUT2D eigenvalue weighted by Gasteiger charge is 2.38. The number of nitrogens with zero attached hydrogens (tertiary/aromatic N) is 3. The van der Waals surface area contributed by atoms with Gasteiger partial charge < -0.3 is 10.0 Å². The van der Waals surface area contributed by atoms with Gasteiger partial charge in [0.05, 0.1) is 12.3 Å². The van der Waals surface area contributed by atoms with Gasteiger partial charge in [-0.15, -0.1) is 11.3 Å². The molecule has 0 spiro atoms. The minimum atomic E-state index is -3.45. The summed E-state index contributed by atoms with van der Waals surface area (Å²) in [5.74, 6) is 0.577. The summed E-state index contributed by atoms with van der Waals surface area (Å²) in [7, 11) is -0.410. The van der Waals surface area contributed by atoms with E-state index >= 15 is 0 Å². The number of aliphatic hydroxyl groups excluding tert-OH is 1. The van der Waals surface area contributed by atoms with Gasteiger partial charge in [0.2, 0.25) is 0 Å². The summed E-state index contributed by atoms with van der Waals surface area (Å²) in [4.78, 5) is 6.47. The van der Waals surface area contributed by atoms with Crippen molar-refractivity contribution in [2.24, 2.45) is 11.8 Å². The molecule has 2 heterocycles. The standard InChI is InChI=1S/C13H24N4O3S2/c1-9(2)11-5-17(13-14-10(7-18)8-21-13)6-12(11)15-22(19,20)16(3)4/h8-9,11-12,15,18H,5-7H2,1-4H3/t11-,12+/m0/s1. The van der Waals surface area contributed by atoms with Crippen molar-refractivity contribution in [3.8, 4) is 0 Å². The van der Waals surface area contributed by atoms with Crippen molar-refractivity contribution in [3.05, 3.63) is 11.1 Å². The molecule has 7 nitrogen and oxygen atoms in total. The molecular formula is C13H24N4O3S2. The molecular weight excluding hydrogens is 324 g/mol. The van der Waals surface area contributed by atoms with Crippen molar-refractivity contribution >= 4 is 26.7 Å². The summed E-state index contributed by atoms with van der Waals surface area (Å²) >= 11 is 1.48. The quantitative estimate of drug-likeness (QED) is 0.781. The van der Waals surface area contributed by atoms with Crippen LogP contribution in [-0.2, 0) is 16.8 Å². The second-order valence-corrected chi connectivity index (χ2v) is 8.86. The Morgan fingerprint density at radius 3 is 2.68 bits per heavy atom. The first-order valence-electron chi connectivity index (χ1n) is 7.24. The zero-order valence-electron chi connectivity index (χ0n) is 13.4. The van der Waals surface area contributed by atoms with Crippen LogP contribution in [0.5, 0.6) is 0 Å². The second-order valence-electron chi connectivity index (χ2n) is 6.10. The Hall–Kier alpha value is -0.740. The first kappa shape index (κ1) is 17.6. The lowest BCUT2D eigenvalue weighted by atomic mass is 9.92. The number of aliphatic hydroxyl groups is 1. The third-order valence-corrected chi connectivity index (χ3v) is 6.49. The molecule has 2 atom stereocenters. The van der Waals surface area contributed by atoms with Gasteiger partial charge in [-0.3, -0.25) is 0 Å². The molecule has 0 aromatic carbocycles. The van der Waals surface area contributed by atoms with Crippen LogP contribution < -0.4 is 9.62 Å². The minimum Gasteiger partial charge on any atom is -0.390 e. The first-order chi connectivity index (χ1) is 10.2. The lowest BCUT2D eigenvalue weighted by Crippen LogP contribution is -2.46. The SMILES string of the molecule is CC(C)[C@@H]1CN(c2nc(CO)cs2)C[C@H]1NS(=O)(=O)N(C)C.